The van der Waals surface area contributed by atoms with Crippen molar-refractivity contribution in [1.82, 2.24) is 10.3 Å². The molecule has 1 amide bonds. The number of ether oxygens (including phenoxy) is 3. The minimum Gasteiger partial charge on any atom is -0.507 e. The Hall–Kier alpha value is -4.25. The molecule has 0 bridgehead atoms. The Kier molecular flexibility index (Phi) is 17.3. The summed E-state index contributed by atoms with van der Waals surface area (Å²) in [5, 5.41) is 67.8. The van der Waals surface area contributed by atoms with Crippen molar-refractivity contribution in [3.63, 3.8) is 0 Å². The monoisotopic (exact) mass is 796 g/mol. The quantitative estimate of drug-likeness (QED) is 0.0647. The Morgan fingerprint density at radius 3 is 2.32 bits per heavy atom. The van der Waals surface area contributed by atoms with Crippen molar-refractivity contribution in [3.05, 3.63) is 112 Å². The van der Waals surface area contributed by atoms with E-state index in [1.54, 1.807) is 81.5 Å². The summed E-state index contributed by atoms with van der Waals surface area (Å²) in [6, 6.07) is 1.22. The van der Waals surface area contributed by atoms with Gasteiger partial charge in [0.15, 0.2) is 5.78 Å². The molecule has 0 saturated carbocycles. The van der Waals surface area contributed by atoms with Gasteiger partial charge in [-0.25, -0.2) is 0 Å². The van der Waals surface area contributed by atoms with Crippen LogP contribution in [0.4, 0.5) is 0 Å². The maximum absolute atomic E-state index is 13.3. The number of Topliss-reactive ketones (excluding diaryl/α,β-unsaturated/α-hetero) is 1. The van der Waals surface area contributed by atoms with Crippen molar-refractivity contribution in [2.45, 2.75) is 110 Å². The predicted molar refractivity (Wildman–Crippen MR) is 215 cm³/mol. The molecule has 3 rings (SSSR count). The average Bonchev–Trinajstić information content (AvgIpc) is 3.45. The summed E-state index contributed by atoms with van der Waals surface area (Å²) in [4.78, 5) is 40.2. The third kappa shape index (κ3) is 11.0. The molecule has 0 unspecified atom stereocenters. The lowest BCUT2D eigenvalue weighted by Gasteiger charge is -2.53. The van der Waals surface area contributed by atoms with Crippen LogP contribution in [0, 0.1) is 17.3 Å². The van der Waals surface area contributed by atoms with Crippen LogP contribution in [0.25, 0.3) is 0 Å². The van der Waals surface area contributed by atoms with E-state index in [0.717, 1.165) is 5.57 Å². The number of aliphatic hydroxyl groups excluding tert-OH is 4. The number of methoxy groups -OCH3 is 1. The number of carbonyl (C=O) groups is 2. The first-order valence-corrected chi connectivity index (χ1v) is 19.1. The molecule has 14 nitrogen and oxygen atoms in total. The van der Waals surface area contributed by atoms with Crippen molar-refractivity contribution in [2.75, 3.05) is 13.7 Å². The van der Waals surface area contributed by atoms with Gasteiger partial charge in [-0.1, -0.05) is 101 Å². The van der Waals surface area contributed by atoms with Crippen LogP contribution in [0.1, 0.15) is 65.2 Å². The second-order valence-electron chi connectivity index (χ2n) is 15.0. The van der Waals surface area contributed by atoms with E-state index in [2.05, 4.69) is 10.3 Å². The topological polar surface area (TPSA) is 228 Å². The zero-order chi connectivity index (χ0) is 42.7. The lowest BCUT2D eigenvalue weighted by atomic mass is 9.71. The number of carbonyl (C=O) groups excluding carboxylic acids is 2. The third-order valence-corrected chi connectivity index (χ3v) is 10.7. The van der Waals surface area contributed by atoms with E-state index in [1.807, 2.05) is 26.8 Å². The van der Waals surface area contributed by atoms with Gasteiger partial charge in [-0.2, -0.15) is 0 Å². The number of nitrogens with one attached hydrogen (secondary N) is 2. The fourth-order valence-electron chi connectivity index (χ4n) is 7.12. The number of ketones is 1. The highest BCUT2D eigenvalue weighted by atomic mass is 16.7. The molecule has 2 aliphatic heterocycles. The minimum atomic E-state index is -2.34. The third-order valence-electron chi connectivity index (χ3n) is 10.7. The number of pyridine rings is 1. The fraction of sp³-hybridized carbons (Fsp3) is 0.512. The van der Waals surface area contributed by atoms with Gasteiger partial charge in [0, 0.05) is 31.2 Å². The van der Waals surface area contributed by atoms with E-state index in [4.69, 9.17) is 14.2 Å². The molecule has 0 radical (unpaired) electrons. The van der Waals surface area contributed by atoms with Crippen molar-refractivity contribution in [3.8, 4) is 5.75 Å². The van der Waals surface area contributed by atoms with E-state index in [1.165, 1.54) is 32.4 Å². The lowest BCUT2D eigenvalue weighted by molar-refractivity contribution is -0.359. The highest BCUT2D eigenvalue weighted by Gasteiger charge is 2.60. The van der Waals surface area contributed by atoms with Crippen molar-refractivity contribution in [2.24, 2.45) is 17.3 Å². The number of amides is 1. The van der Waals surface area contributed by atoms with Crippen LogP contribution >= 0.6 is 0 Å². The fourth-order valence-corrected chi connectivity index (χ4v) is 7.12. The maximum atomic E-state index is 13.3. The summed E-state index contributed by atoms with van der Waals surface area (Å²) in [5.41, 5.74) is -1.02. The molecule has 8 N–H and O–H groups in total. The Bertz CT molecular complexity index is 1810. The lowest BCUT2D eigenvalue weighted by Crippen LogP contribution is -2.69. The number of hydrogen-bond donors (Lipinski definition) is 8. The molecule has 57 heavy (non-hydrogen) atoms. The zero-order valence-electron chi connectivity index (χ0n) is 33.9. The summed E-state index contributed by atoms with van der Waals surface area (Å²) in [6.07, 6.45) is 12.8. The highest BCUT2D eigenvalue weighted by Crippen LogP contribution is 2.44. The van der Waals surface area contributed by atoms with E-state index in [0.29, 0.717) is 0 Å². The number of allylic oxidation sites excluding steroid dienone is 10. The first-order chi connectivity index (χ1) is 26.9. The van der Waals surface area contributed by atoms with E-state index >= 15 is 0 Å². The summed E-state index contributed by atoms with van der Waals surface area (Å²) in [5.74, 6) is -5.55. The van der Waals surface area contributed by atoms with Gasteiger partial charge in [0.05, 0.1) is 30.3 Å². The summed E-state index contributed by atoms with van der Waals surface area (Å²) in [7, 11) is 1.52. The van der Waals surface area contributed by atoms with E-state index in [9.17, 15) is 45.0 Å². The maximum Gasteiger partial charge on any atom is 0.262 e. The minimum absolute atomic E-state index is 0.0817. The molecule has 314 valence electrons. The van der Waals surface area contributed by atoms with Crippen LogP contribution < -0.4 is 10.9 Å². The van der Waals surface area contributed by atoms with Gasteiger partial charge in [0.2, 0.25) is 11.7 Å². The summed E-state index contributed by atoms with van der Waals surface area (Å²) in [6.45, 7) is 12.2. The molecular weight excluding hydrogens is 736 g/mol. The second-order valence-corrected chi connectivity index (χ2v) is 15.0. The molecule has 0 spiro atoms. The normalized spacial score (nSPS) is 30.2. The zero-order valence-corrected chi connectivity index (χ0v) is 33.9. The Labute approximate surface area is 334 Å². The van der Waals surface area contributed by atoms with Gasteiger partial charge in [-0.15, -0.1) is 0 Å². The van der Waals surface area contributed by atoms with Crippen LogP contribution in [0.3, 0.4) is 0 Å². The largest absolute Gasteiger partial charge is 0.507 e. The number of H-pyrrole nitrogens is 1. The summed E-state index contributed by atoms with van der Waals surface area (Å²) < 4.78 is 17.8. The molecule has 2 fully saturated rings. The highest BCUT2D eigenvalue weighted by molar-refractivity contribution is 6.09. The number of rotatable bonds is 17. The smallest absolute Gasteiger partial charge is 0.262 e. The molecule has 0 aliphatic carbocycles. The van der Waals surface area contributed by atoms with Crippen LogP contribution in [0.15, 0.2) is 101 Å². The first-order valence-electron chi connectivity index (χ1n) is 19.1. The van der Waals surface area contributed by atoms with Crippen LogP contribution in [-0.4, -0.2) is 116 Å². The molecule has 2 saturated heterocycles. The number of hydrogen-bond acceptors (Lipinski definition) is 12. The number of aromatic hydroxyl groups is 1. The molecule has 14 heteroatoms. The Balaban J connectivity index is 1.60. The second kappa shape index (κ2) is 21.0. The number of aromatic nitrogens is 1. The van der Waals surface area contributed by atoms with Crippen LogP contribution in [0.5, 0.6) is 5.75 Å². The van der Waals surface area contributed by atoms with Crippen molar-refractivity contribution in [1.29, 1.82) is 0 Å². The van der Waals surface area contributed by atoms with Gasteiger partial charge < -0.3 is 55.2 Å². The van der Waals surface area contributed by atoms with Crippen molar-refractivity contribution < 1.29 is 54.4 Å². The van der Waals surface area contributed by atoms with Gasteiger partial charge >= 0.3 is 0 Å². The molecule has 11 atom stereocenters. The van der Waals surface area contributed by atoms with Gasteiger partial charge in [-0.05, 0) is 44.4 Å². The van der Waals surface area contributed by atoms with Crippen molar-refractivity contribution >= 4 is 11.7 Å². The summed E-state index contributed by atoms with van der Waals surface area (Å²) >= 11 is 0. The Morgan fingerprint density at radius 1 is 1.00 bits per heavy atom. The van der Waals surface area contributed by atoms with Gasteiger partial charge in [0.25, 0.3) is 5.56 Å². The van der Waals surface area contributed by atoms with E-state index < -0.39 is 94.9 Å². The standard InChI is InChI=1S/C43H60N2O12/c1-9-11-13-21-31-42(6,7)38(50)39(51)43(54,57-31)28(10-2)40(52)44-23-17-16-19-26(4)36(55-8)27(5)37-35(49)34(48)30(56-37)20-15-12-14-18-25(3)33(47)32-29(46)22-24-45-41(32)53/h9,11-22,24,27-28,30-31,34-39,48-51,54H,10,23H2,1-8H3,(H,44,52)(H2,45,46,53)/b11-9+,14-12+,17-16-,20-15+,21-13+,25-18+,26-19+/t27-,28-,30+,31+,34+,35+,36-,37-,38+,39-,43-/m1/s1. The SMILES string of the molecule is C/C=C/C=C/[C@@H]1O[C@](O)([C@H](CC)C(=O)NC/C=C\C=C(/C)[C@@H](OC)[C@@H](C)[C@H]2O[C@@H](/C=C/C=C/C=C(\C)C(=O)c3c(O)cc[nH]c3=O)[C@H](O)[C@@H]2O)[C@H](O)[C@H](O)C1(C)C. The molecule has 0 aromatic carbocycles. The number of aliphatic hydroxyl groups is 5. The number of aromatic amines is 1. The molecular formula is C43H60N2O12. The van der Waals surface area contributed by atoms with Gasteiger partial charge in [0.1, 0.15) is 35.7 Å². The molecule has 1 aromatic heterocycles. The first kappa shape index (κ1) is 47.1. The average molecular weight is 797 g/mol. The van der Waals surface area contributed by atoms with E-state index in [-0.39, 0.29) is 24.1 Å². The van der Waals surface area contributed by atoms with Gasteiger partial charge in [-0.3, -0.25) is 14.4 Å². The predicted octanol–water partition coefficient (Wildman–Crippen LogP) is 3.07. The van der Waals surface area contributed by atoms with Crippen LogP contribution in [0.2, 0.25) is 0 Å². The molecule has 3 heterocycles. The van der Waals surface area contributed by atoms with Crippen LogP contribution in [-0.2, 0) is 19.0 Å². The Morgan fingerprint density at radius 2 is 1.68 bits per heavy atom. The molecule has 2 aliphatic rings. The molecule has 1 aromatic rings.